The van der Waals surface area contributed by atoms with Crippen LogP contribution in [0.15, 0.2) is 12.1 Å². The van der Waals surface area contributed by atoms with Crippen LogP contribution in [0.5, 0.6) is 0 Å². The van der Waals surface area contributed by atoms with Crippen molar-refractivity contribution in [2.75, 3.05) is 26.2 Å². The molecule has 1 atom stereocenters. The van der Waals surface area contributed by atoms with Crippen molar-refractivity contribution in [1.82, 2.24) is 10.2 Å². The van der Waals surface area contributed by atoms with E-state index in [0.717, 1.165) is 30.5 Å². The van der Waals surface area contributed by atoms with Crippen LogP contribution in [0.4, 0.5) is 0 Å². The van der Waals surface area contributed by atoms with Crippen molar-refractivity contribution in [2.24, 2.45) is 0 Å². The zero-order chi connectivity index (χ0) is 11.4. The van der Waals surface area contributed by atoms with Crippen LogP contribution in [-0.2, 0) is 0 Å². The van der Waals surface area contributed by atoms with Gasteiger partial charge in [-0.25, -0.2) is 0 Å². The Balaban J connectivity index is 0.00000144. The number of nitrogens with one attached hydrogen (secondary N) is 1. The zero-order valence-electron chi connectivity index (χ0n) is 9.76. The van der Waals surface area contributed by atoms with Gasteiger partial charge in [-0.15, -0.1) is 36.2 Å². The van der Waals surface area contributed by atoms with Crippen LogP contribution in [-0.4, -0.2) is 31.1 Å². The highest BCUT2D eigenvalue weighted by Gasteiger charge is 2.23. The summed E-state index contributed by atoms with van der Waals surface area (Å²) in [6, 6.07) is 6.44. The Kier molecular flexibility index (Phi) is 8.97. The predicted octanol–water partition coefficient (Wildman–Crippen LogP) is 3.11. The minimum atomic E-state index is 0. The van der Waals surface area contributed by atoms with Crippen LogP contribution in [0.25, 0.3) is 0 Å². The lowest BCUT2D eigenvalue weighted by Crippen LogP contribution is -2.44. The summed E-state index contributed by atoms with van der Waals surface area (Å²) >= 11 is 7.53. The number of nitriles is 1. The number of rotatable bonds is 3. The first-order valence-electron chi connectivity index (χ1n) is 5.38. The number of halogens is 3. The second-order valence-electron chi connectivity index (χ2n) is 3.81. The third-order valence-electron chi connectivity index (χ3n) is 2.80. The van der Waals surface area contributed by atoms with Gasteiger partial charge < -0.3 is 5.32 Å². The molecule has 1 N–H and O–H groups in total. The number of hydrogen-bond acceptors (Lipinski definition) is 4. The highest BCUT2D eigenvalue weighted by atomic mass is 35.5. The molecular weight excluding hydrogens is 313 g/mol. The molecule has 0 aromatic carbocycles. The molecule has 0 radical (unpaired) electrons. The SMILES string of the molecule is Cl.Cl.N#CC[C@@H](c1ccc(Cl)s1)N1CCNCC1. The quantitative estimate of drug-likeness (QED) is 0.926. The highest BCUT2D eigenvalue weighted by Crippen LogP contribution is 2.32. The maximum absolute atomic E-state index is 8.91. The Morgan fingerprint density at radius 3 is 2.56 bits per heavy atom. The molecule has 0 aliphatic carbocycles. The van der Waals surface area contributed by atoms with Crippen molar-refractivity contribution in [2.45, 2.75) is 12.5 Å². The summed E-state index contributed by atoms with van der Waals surface area (Å²) in [5, 5.41) is 12.2. The monoisotopic (exact) mass is 327 g/mol. The van der Waals surface area contributed by atoms with Gasteiger partial charge in [0.15, 0.2) is 0 Å². The first kappa shape index (κ1) is 18.0. The first-order chi connectivity index (χ1) is 7.81. The summed E-state index contributed by atoms with van der Waals surface area (Å²) in [6.07, 6.45) is 0.539. The second-order valence-corrected chi connectivity index (χ2v) is 5.55. The Labute approximate surface area is 129 Å². The summed E-state index contributed by atoms with van der Waals surface area (Å²) in [5.74, 6) is 0. The molecule has 1 aliphatic heterocycles. The minimum absolute atomic E-state index is 0. The van der Waals surface area contributed by atoms with Crippen LogP contribution < -0.4 is 5.32 Å². The molecule has 0 spiro atoms. The summed E-state index contributed by atoms with van der Waals surface area (Å²) in [6.45, 7) is 4.01. The molecule has 1 aromatic heterocycles. The van der Waals surface area contributed by atoms with Gasteiger partial charge in [0.25, 0.3) is 0 Å². The Morgan fingerprint density at radius 2 is 2.06 bits per heavy atom. The van der Waals surface area contributed by atoms with Crippen molar-refractivity contribution >= 4 is 47.8 Å². The van der Waals surface area contributed by atoms with Gasteiger partial charge in [0.05, 0.1) is 22.9 Å². The van der Waals surface area contributed by atoms with E-state index in [9.17, 15) is 0 Å². The maximum Gasteiger partial charge on any atom is 0.0931 e. The molecule has 2 heterocycles. The molecule has 2 rings (SSSR count). The normalized spacial score (nSPS) is 17.1. The summed E-state index contributed by atoms with van der Waals surface area (Å²) in [5.41, 5.74) is 0. The molecule has 7 heteroatoms. The topological polar surface area (TPSA) is 39.1 Å². The number of thiophene rings is 1. The van der Waals surface area contributed by atoms with E-state index in [-0.39, 0.29) is 30.9 Å². The van der Waals surface area contributed by atoms with Crippen LogP contribution in [0.1, 0.15) is 17.3 Å². The molecule has 1 saturated heterocycles. The molecule has 102 valence electrons. The van der Waals surface area contributed by atoms with Gasteiger partial charge in [-0.3, -0.25) is 4.90 Å². The molecule has 1 fully saturated rings. The van der Waals surface area contributed by atoms with Gasteiger partial charge in [0.2, 0.25) is 0 Å². The molecule has 1 aliphatic rings. The lowest BCUT2D eigenvalue weighted by atomic mass is 10.1. The Bertz CT molecular complexity index is 385. The van der Waals surface area contributed by atoms with Crippen LogP contribution >= 0.6 is 47.8 Å². The summed E-state index contributed by atoms with van der Waals surface area (Å²) < 4.78 is 0.799. The van der Waals surface area contributed by atoms with E-state index in [1.54, 1.807) is 11.3 Å². The standard InChI is InChI=1S/C11H14ClN3S.2ClH/c12-11-2-1-10(16-11)9(3-4-13)15-7-5-14-6-8-15;;/h1-2,9,14H,3,5-8H2;2*1H/t9-;;/m0../s1. The fourth-order valence-corrected chi connectivity index (χ4v) is 3.19. The number of piperazine rings is 1. The van der Waals surface area contributed by atoms with E-state index < -0.39 is 0 Å². The Hall–Kier alpha value is -0.0200. The second kappa shape index (κ2) is 8.98. The summed E-state index contributed by atoms with van der Waals surface area (Å²) in [7, 11) is 0. The van der Waals surface area contributed by atoms with Crippen LogP contribution in [0.2, 0.25) is 4.34 Å². The van der Waals surface area contributed by atoms with E-state index in [1.807, 2.05) is 12.1 Å². The van der Waals surface area contributed by atoms with Gasteiger partial charge in [-0.05, 0) is 12.1 Å². The predicted molar refractivity (Wildman–Crippen MR) is 81.2 cm³/mol. The fourth-order valence-electron chi connectivity index (χ4n) is 2.00. The molecular formula is C11H16Cl3N3S. The van der Waals surface area contributed by atoms with Gasteiger partial charge in [-0.2, -0.15) is 5.26 Å². The van der Waals surface area contributed by atoms with Crippen molar-refractivity contribution in [3.8, 4) is 6.07 Å². The fraction of sp³-hybridized carbons (Fsp3) is 0.545. The number of hydrogen-bond donors (Lipinski definition) is 1. The average Bonchev–Trinajstić information content (AvgIpc) is 2.74. The molecule has 0 bridgehead atoms. The van der Waals surface area contributed by atoms with Crippen molar-refractivity contribution in [3.05, 3.63) is 21.3 Å². The van der Waals surface area contributed by atoms with Gasteiger partial charge in [0, 0.05) is 31.1 Å². The lowest BCUT2D eigenvalue weighted by molar-refractivity contribution is 0.178. The minimum Gasteiger partial charge on any atom is -0.314 e. The van der Waals surface area contributed by atoms with Gasteiger partial charge in [0.1, 0.15) is 0 Å². The Morgan fingerprint density at radius 1 is 1.39 bits per heavy atom. The number of nitrogens with zero attached hydrogens (tertiary/aromatic N) is 2. The lowest BCUT2D eigenvalue weighted by Gasteiger charge is -2.33. The first-order valence-corrected chi connectivity index (χ1v) is 6.57. The summed E-state index contributed by atoms with van der Waals surface area (Å²) in [4.78, 5) is 3.57. The van der Waals surface area contributed by atoms with Gasteiger partial charge in [-0.1, -0.05) is 11.6 Å². The van der Waals surface area contributed by atoms with Crippen LogP contribution in [0.3, 0.4) is 0 Å². The molecule has 0 unspecified atom stereocenters. The molecule has 0 amide bonds. The zero-order valence-corrected chi connectivity index (χ0v) is 13.0. The molecule has 1 aromatic rings. The van der Waals surface area contributed by atoms with Crippen molar-refractivity contribution < 1.29 is 0 Å². The maximum atomic E-state index is 8.91. The van der Waals surface area contributed by atoms with E-state index in [1.165, 1.54) is 4.88 Å². The van der Waals surface area contributed by atoms with E-state index >= 15 is 0 Å². The average molecular weight is 329 g/mol. The largest absolute Gasteiger partial charge is 0.314 e. The van der Waals surface area contributed by atoms with E-state index in [4.69, 9.17) is 16.9 Å². The van der Waals surface area contributed by atoms with Crippen molar-refractivity contribution in [3.63, 3.8) is 0 Å². The molecule has 0 saturated carbocycles. The highest BCUT2D eigenvalue weighted by molar-refractivity contribution is 7.16. The van der Waals surface area contributed by atoms with Gasteiger partial charge >= 0.3 is 0 Å². The van der Waals surface area contributed by atoms with Crippen LogP contribution in [0, 0.1) is 11.3 Å². The smallest absolute Gasteiger partial charge is 0.0931 e. The third-order valence-corrected chi connectivity index (χ3v) is 4.13. The van der Waals surface area contributed by atoms with Crippen molar-refractivity contribution in [1.29, 1.82) is 5.26 Å². The molecule has 3 nitrogen and oxygen atoms in total. The van der Waals surface area contributed by atoms with E-state index in [2.05, 4.69) is 16.3 Å². The van der Waals surface area contributed by atoms with E-state index in [0.29, 0.717) is 6.42 Å². The third kappa shape index (κ3) is 4.58. The molecule has 18 heavy (non-hydrogen) atoms.